The van der Waals surface area contributed by atoms with Crippen molar-refractivity contribution in [2.45, 2.75) is 6.92 Å². The third-order valence-corrected chi connectivity index (χ3v) is 0. The van der Waals surface area contributed by atoms with Crippen LogP contribution in [-0.4, -0.2) is 73.9 Å². The fraction of sp³-hybridized carbons (Fsp3) is 0.0833. The van der Waals surface area contributed by atoms with Gasteiger partial charge in [0.15, 0.2) is 0 Å². The van der Waals surface area contributed by atoms with E-state index in [1.54, 1.807) is 0 Å². The third-order valence-electron chi connectivity index (χ3n) is 0. The molecule has 144 valence electrons. The van der Waals surface area contributed by atoms with Crippen LogP contribution in [-0.2, 0) is 52.7 Å². The average molecular weight is 398 g/mol. The van der Waals surface area contributed by atoms with Crippen molar-refractivity contribution in [3.05, 3.63) is 0 Å². The van der Waals surface area contributed by atoms with Gasteiger partial charge in [0.1, 0.15) is 67.9 Å². The second-order valence-electron chi connectivity index (χ2n) is 0.492. The maximum absolute atomic E-state index is 8.89. The minimum Gasteiger partial charge on any atom is -0.550 e. The number of carboxylic acid groups (broad SMARTS) is 1. The summed E-state index contributed by atoms with van der Waals surface area (Å²) < 4.78 is 0. The summed E-state index contributed by atoms with van der Waals surface area (Å²) >= 11 is 0. The first kappa shape index (κ1) is 92.9. The van der Waals surface area contributed by atoms with Crippen LogP contribution in [0.25, 0.3) is 0 Å². The van der Waals surface area contributed by atoms with Gasteiger partial charge in [0.25, 0.3) is 0 Å². The molecule has 12 nitrogen and oxygen atoms in total. The largest absolute Gasteiger partial charge is 1.00 e. The first-order chi connectivity index (χ1) is 11.7. The van der Waals surface area contributed by atoms with Crippen LogP contribution in [0.3, 0.4) is 0 Å². The standard InChI is InChI=1S/C2H4O2.10CH2O.K/c1-2(3)4;10*1-2;/h1H3,(H,3,4);10*1H2;/q;;;;;;;;;;;+1/p-1. The molecule has 0 heterocycles. The van der Waals surface area contributed by atoms with Crippen molar-refractivity contribution >= 4 is 73.9 Å². The van der Waals surface area contributed by atoms with E-state index in [1.165, 1.54) is 0 Å². The van der Waals surface area contributed by atoms with Crippen LogP contribution in [0.15, 0.2) is 0 Å². The summed E-state index contributed by atoms with van der Waals surface area (Å²) in [6.45, 7) is 21.0. The molecule has 0 aliphatic heterocycles. The second kappa shape index (κ2) is 14500. The van der Waals surface area contributed by atoms with E-state index in [9.17, 15) is 0 Å². The number of hydrogen-bond acceptors (Lipinski definition) is 12. The molecule has 0 saturated carbocycles. The van der Waals surface area contributed by atoms with Gasteiger partial charge in [0.2, 0.25) is 0 Å². The molecule has 0 aromatic heterocycles. The summed E-state index contributed by atoms with van der Waals surface area (Å²) in [5.41, 5.74) is 0. The Morgan fingerprint density at radius 2 is 0.440 bits per heavy atom. The zero-order valence-corrected chi connectivity index (χ0v) is 17.6. The van der Waals surface area contributed by atoms with Gasteiger partial charge in [-0.2, -0.15) is 0 Å². The van der Waals surface area contributed by atoms with Crippen LogP contribution in [0.1, 0.15) is 6.92 Å². The van der Waals surface area contributed by atoms with Crippen molar-refractivity contribution in [3.8, 4) is 0 Å². The number of aliphatic carboxylic acids is 1. The molecule has 0 amide bonds. The second-order valence-corrected chi connectivity index (χ2v) is 0.492. The first-order valence-electron chi connectivity index (χ1n) is 3.79. The number of carboxylic acids is 1. The molecule has 0 bridgehead atoms. The Labute approximate surface area is 188 Å². The summed E-state index contributed by atoms with van der Waals surface area (Å²) in [7, 11) is 0. The summed E-state index contributed by atoms with van der Waals surface area (Å²) in [6, 6.07) is 0. The molecule has 0 spiro atoms. The normalized spacial score (nSPS) is 2.60. The van der Waals surface area contributed by atoms with Gasteiger partial charge in [-0.05, 0) is 6.92 Å². The number of carbonyl (C=O) groups excluding carboxylic acids is 11. The molecule has 0 atom stereocenters. The van der Waals surface area contributed by atoms with Crippen molar-refractivity contribution < 1.29 is 109 Å². The van der Waals surface area contributed by atoms with Crippen molar-refractivity contribution in [2.75, 3.05) is 0 Å². The van der Waals surface area contributed by atoms with Gasteiger partial charge in [0, 0.05) is 5.97 Å². The molecule has 0 N–H and O–H groups in total. The number of rotatable bonds is 0. The summed E-state index contributed by atoms with van der Waals surface area (Å²) in [5, 5.41) is 8.89. The minimum atomic E-state index is -1.08. The van der Waals surface area contributed by atoms with Crippen LogP contribution in [0.5, 0.6) is 0 Å². The Hall–Kier alpha value is -2.19. The molecule has 0 aliphatic rings. The minimum absolute atomic E-state index is 0. The fourth-order valence-corrected chi connectivity index (χ4v) is 0. The first-order valence-corrected chi connectivity index (χ1v) is 3.79. The van der Waals surface area contributed by atoms with Crippen molar-refractivity contribution in [2.24, 2.45) is 0 Å². The van der Waals surface area contributed by atoms with E-state index in [0.29, 0.717) is 0 Å². The Bertz CT molecular complexity index is 117. The zero-order chi connectivity index (χ0) is 23.6. The number of carbonyl (C=O) groups is 11. The Kier molecular flexibility index (Phi) is 53900. The SMILES string of the molecule is C=O.C=O.C=O.C=O.C=O.C=O.C=O.C=O.C=O.C=O.CC(=O)[O-].[K+]. The molecule has 0 aromatic carbocycles. The third kappa shape index (κ3) is 1780. The van der Waals surface area contributed by atoms with Crippen molar-refractivity contribution in [3.63, 3.8) is 0 Å². The fourth-order valence-electron chi connectivity index (χ4n) is 0. The molecule has 13 heteroatoms. The van der Waals surface area contributed by atoms with Gasteiger partial charge in [0.05, 0.1) is 0 Å². The van der Waals surface area contributed by atoms with Crippen LogP contribution in [0, 0.1) is 0 Å². The molecule has 25 heavy (non-hydrogen) atoms. The van der Waals surface area contributed by atoms with E-state index in [1.807, 2.05) is 67.9 Å². The van der Waals surface area contributed by atoms with E-state index in [2.05, 4.69) is 0 Å². The molecule has 0 fully saturated rings. The van der Waals surface area contributed by atoms with E-state index in [0.717, 1.165) is 6.92 Å². The quantitative estimate of drug-likeness (QED) is 0.349. The Morgan fingerprint density at radius 1 is 0.440 bits per heavy atom. The molecule has 0 unspecified atom stereocenters. The molecule has 0 aliphatic carbocycles. The van der Waals surface area contributed by atoms with Crippen LogP contribution >= 0.6 is 0 Å². The molecule has 0 aromatic rings. The van der Waals surface area contributed by atoms with E-state index in [-0.39, 0.29) is 51.4 Å². The van der Waals surface area contributed by atoms with Crippen LogP contribution in [0.2, 0.25) is 0 Å². The molecule has 0 radical (unpaired) electrons. The summed E-state index contributed by atoms with van der Waals surface area (Å²) in [6.07, 6.45) is 0. The monoisotopic (exact) mass is 398 g/mol. The molecular weight excluding hydrogens is 375 g/mol. The maximum atomic E-state index is 8.89. The zero-order valence-electron chi connectivity index (χ0n) is 14.5. The van der Waals surface area contributed by atoms with E-state index in [4.69, 9.17) is 57.8 Å². The van der Waals surface area contributed by atoms with Gasteiger partial charge in [-0.1, -0.05) is 0 Å². The van der Waals surface area contributed by atoms with Gasteiger partial charge in [-0.15, -0.1) is 0 Å². The molecule has 0 rings (SSSR count). The van der Waals surface area contributed by atoms with Crippen molar-refractivity contribution in [1.29, 1.82) is 0 Å². The Morgan fingerprint density at radius 3 is 0.440 bits per heavy atom. The van der Waals surface area contributed by atoms with Gasteiger partial charge in [-0.3, -0.25) is 0 Å². The number of hydrogen-bond donors (Lipinski definition) is 0. The van der Waals surface area contributed by atoms with Crippen molar-refractivity contribution in [1.82, 2.24) is 0 Å². The summed E-state index contributed by atoms with van der Waals surface area (Å²) in [4.78, 5) is 88.9. The molecular formula is C12H23KO12. The Balaban J connectivity index is -0.00000000751. The average Bonchev–Trinajstić information content (AvgIpc) is 2.76. The van der Waals surface area contributed by atoms with Gasteiger partial charge >= 0.3 is 51.4 Å². The van der Waals surface area contributed by atoms with Crippen LogP contribution < -0.4 is 56.5 Å². The topological polar surface area (TPSA) is 211 Å². The van der Waals surface area contributed by atoms with Gasteiger partial charge < -0.3 is 57.8 Å². The van der Waals surface area contributed by atoms with E-state index < -0.39 is 5.97 Å². The summed E-state index contributed by atoms with van der Waals surface area (Å²) in [5.74, 6) is -1.08. The van der Waals surface area contributed by atoms with E-state index >= 15 is 0 Å². The predicted molar refractivity (Wildman–Crippen MR) is 81.9 cm³/mol. The maximum Gasteiger partial charge on any atom is 1.00 e. The molecule has 0 saturated heterocycles. The smallest absolute Gasteiger partial charge is 0.550 e. The predicted octanol–water partition coefficient (Wildman–Crippen LogP) is -6.09. The van der Waals surface area contributed by atoms with Crippen LogP contribution in [0.4, 0.5) is 0 Å². The van der Waals surface area contributed by atoms with Gasteiger partial charge in [-0.25, -0.2) is 0 Å².